The highest BCUT2D eigenvalue weighted by molar-refractivity contribution is 6.33. The van der Waals surface area contributed by atoms with Gasteiger partial charge in [-0.2, -0.15) is 0 Å². The van der Waals surface area contributed by atoms with E-state index in [4.69, 9.17) is 16.3 Å². The second kappa shape index (κ2) is 7.56. The Morgan fingerprint density at radius 3 is 2.68 bits per heavy atom. The molecule has 1 amide bonds. The molecule has 120 valence electrons. The Balaban J connectivity index is 1.82. The van der Waals surface area contributed by atoms with Crippen molar-refractivity contribution in [2.24, 2.45) is 5.92 Å². The Kier molecular flexibility index (Phi) is 5.74. The molecule has 0 radical (unpaired) electrons. The maximum atomic E-state index is 12.9. The second-order valence-corrected chi connectivity index (χ2v) is 5.80. The van der Waals surface area contributed by atoms with Gasteiger partial charge in [0.05, 0.1) is 36.8 Å². The summed E-state index contributed by atoms with van der Waals surface area (Å²) < 4.78 is 17.7. The molecule has 0 spiro atoms. The summed E-state index contributed by atoms with van der Waals surface area (Å²) >= 11 is 5.87. The number of likely N-dealkylation sites (tertiary alicyclic amines) is 1. The normalized spacial score (nSPS) is 21.2. The van der Waals surface area contributed by atoms with Crippen LogP contribution < -0.4 is 10.2 Å². The molecule has 7 heteroatoms. The van der Waals surface area contributed by atoms with Crippen LogP contribution in [-0.4, -0.2) is 38.6 Å². The van der Waals surface area contributed by atoms with Crippen LogP contribution in [0.4, 0.5) is 10.1 Å². The molecule has 0 aromatic heterocycles. The van der Waals surface area contributed by atoms with Gasteiger partial charge in [0.1, 0.15) is 5.82 Å². The second-order valence-electron chi connectivity index (χ2n) is 5.40. The number of quaternary nitrogens is 1. The van der Waals surface area contributed by atoms with E-state index in [-0.39, 0.29) is 22.8 Å². The Bertz CT molecular complexity index is 560. The van der Waals surface area contributed by atoms with Gasteiger partial charge in [0.15, 0.2) is 6.54 Å². The molecule has 1 heterocycles. The molecule has 2 N–H and O–H groups in total. The summed E-state index contributed by atoms with van der Waals surface area (Å²) in [6, 6.07) is 3.84. The predicted octanol–water partition coefficient (Wildman–Crippen LogP) is 0.886. The van der Waals surface area contributed by atoms with E-state index in [0.29, 0.717) is 25.1 Å². The maximum Gasteiger partial charge on any atom is 0.309 e. The van der Waals surface area contributed by atoms with Gasteiger partial charge in [0, 0.05) is 12.8 Å². The lowest BCUT2D eigenvalue weighted by Crippen LogP contribution is -3.14. The predicted molar refractivity (Wildman–Crippen MR) is 80.3 cm³/mol. The number of hydrogen-bond acceptors (Lipinski definition) is 3. The first-order valence-corrected chi connectivity index (χ1v) is 7.53. The summed E-state index contributed by atoms with van der Waals surface area (Å²) in [5.74, 6) is -0.872. The third-order valence-electron chi connectivity index (χ3n) is 3.84. The third kappa shape index (κ3) is 4.42. The highest BCUT2D eigenvalue weighted by atomic mass is 35.5. The summed E-state index contributed by atoms with van der Waals surface area (Å²) in [7, 11) is 1.39. The number of piperidine rings is 1. The lowest BCUT2D eigenvalue weighted by atomic mass is 9.97. The Morgan fingerprint density at radius 2 is 2.09 bits per heavy atom. The average molecular weight is 330 g/mol. The van der Waals surface area contributed by atoms with E-state index in [1.165, 1.54) is 19.2 Å². The zero-order chi connectivity index (χ0) is 16.1. The topological polar surface area (TPSA) is 59.8 Å². The first-order chi connectivity index (χ1) is 10.5. The minimum atomic E-state index is -0.446. The van der Waals surface area contributed by atoms with Crippen molar-refractivity contribution in [3.8, 4) is 0 Å². The zero-order valence-electron chi connectivity index (χ0n) is 12.3. The van der Waals surface area contributed by atoms with E-state index in [1.807, 2.05) is 0 Å². The molecule has 0 atom stereocenters. The zero-order valence-corrected chi connectivity index (χ0v) is 13.1. The van der Waals surface area contributed by atoms with Gasteiger partial charge in [-0.15, -0.1) is 0 Å². The molecule has 1 saturated heterocycles. The van der Waals surface area contributed by atoms with Crippen molar-refractivity contribution >= 4 is 29.2 Å². The summed E-state index contributed by atoms with van der Waals surface area (Å²) in [5.41, 5.74) is 0.400. The number of halogens is 2. The van der Waals surface area contributed by atoms with Gasteiger partial charge in [-0.3, -0.25) is 9.59 Å². The van der Waals surface area contributed by atoms with Gasteiger partial charge >= 0.3 is 5.97 Å². The molecule has 2 rings (SSSR count). The Morgan fingerprint density at radius 1 is 1.41 bits per heavy atom. The number of ether oxygens (including phenoxy) is 1. The van der Waals surface area contributed by atoms with Crippen LogP contribution in [0.3, 0.4) is 0 Å². The summed E-state index contributed by atoms with van der Waals surface area (Å²) in [6.07, 6.45) is 1.43. The average Bonchev–Trinajstić information content (AvgIpc) is 2.50. The van der Waals surface area contributed by atoms with Crippen LogP contribution in [0.2, 0.25) is 5.02 Å². The number of carbonyl (C=O) groups is 2. The van der Waals surface area contributed by atoms with Crippen molar-refractivity contribution in [1.82, 2.24) is 0 Å². The molecule has 1 aromatic rings. The first-order valence-electron chi connectivity index (χ1n) is 7.16. The summed E-state index contributed by atoms with van der Waals surface area (Å²) in [6.45, 7) is 1.77. The quantitative estimate of drug-likeness (QED) is 0.806. The van der Waals surface area contributed by atoms with Crippen molar-refractivity contribution < 1.29 is 23.6 Å². The van der Waals surface area contributed by atoms with Crippen LogP contribution in [0.15, 0.2) is 18.2 Å². The fourth-order valence-electron chi connectivity index (χ4n) is 2.62. The van der Waals surface area contributed by atoms with Crippen LogP contribution in [0.5, 0.6) is 0 Å². The Labute approximate surface area is 133 Å². The molecule has 1 aliphatic rings. The van der Waals surface area contributed by atoms with Gasteiger partial charge in [0.2, 0.25) is 0 Å². The van der Waals surface area contributed by atoms with Crippen molar-refractivity contribution in [3.05, 3.63) is 29.0 Å². The number of hydrogen-bond donors (Lipinski definition) is 2. The number of amides is 1. The molecule has 1 fully saturated rings. The lowest BCUT2D eigenvalue weighted by molar-refractivity contribution is -0.897. The molecular formula is C15H19ClFN2O3+. The highest BCUT2D eigenvalue weighted by Crippen LogP contribution is 2.22. The molecule has 0 saturated carbocycles. The van der Waals surface area contributed by atoms with Crippen LogP contribution in [0.1, 0.15) is 12.8 Å². The van der Waals surface area contributed by atoms with E-state index >= 15 is 0 Å². The van der Waals surface area contributed by atoms with Gasteiger partial charge in [0.25, 0.3) is 5.91 Å². The van der Waals surface area contributed by atoms with Gasteiger partial charge < -0.3 is 15.0 Å². The lowest BCUT2D eigenvalue weighted by Gasteiger charge is -2.27. The maximum absolute atomic E-state index is 12.9. The minimum absolute atomic E-state index is 0.0663. The first kappa shape index (κ1) is 16.7. The van der Waals surface area contributed by atoms with Gasteiger partial charge in [-0.05, 0) is 18.2 Å². The molecule has 0 aliphatic carbocycles. The fraction of sp³-hybridized carbons (Fsp3) is 0.467. The largest absolute Gasteiger partial charge is 0.469 e. The van der Waals surface area contributed by atoms with Crippen molar-refractivity contribution in [3.63, 3.8) is 0 Å². The Hall–Kier alpha value is -1.66. The third-order valence-corrected chi connectivity index (χ3v) is 4.16. The van der Waals surface area contributed by atoms with Crippen molar-refractivity contribution in [2.75, 3.05) is 32.1 Å². The van der Waals surface area contributed by atoms with Crippen LogP contribution in [-0.2, 0) is 14.3 Å². The summed E-state index contributed by atoms with van der Waals surface area (Å²) in [5, 5.41) is 2.85. The number of anilines is 1. The van der Waals surface area contributed by atoms with Crippen LogP contribution >= 0.6 is 11.6 Å². The SMILES string of the molecule is COC(=O)C1CC[NH+](CC(=O)Nc2ccc(F)cc2Cl)CC1. The van der Waals surface area contributed by atoms with E-state index in [0.717, 1.165) is 24.1 Å². The van der Waals surface area contributed by atoms with Gasteiger partial charge in [-0.1, -0.05) is 11.6 Å². The van der Waals surface area contributed by atoms with E-state index in [2.05, 4.69) is 5.32 Å². The number of methoxy groups -OCH3 is 1. The fourth-order valence-corrected chi connectivity index (χ4v) is 2.83. The monoisotopic (exact) mass is 329 g/mol. The molecule has 5 nitrogen and oxygen atoms in total. The smallest absolute Gasteiger partial charge is 0.309 e. The van der Waals surface area contributed by atoms with E-state index < -0.39 is 5.82 Å². The molecular weight excluding hydrogens is 311 g/mol. The van der Waals surface area contributed by atoms with Gasteiger partial charge in [-0.25, -0.2) is 4.39 Å². The van der Waals surface area contributed by atoms with Crippen LogP contribution in [0, 0.1) is 11.7 Å². The standard InChI is InChI=1S/C15H18ClFN2O3/c1-22-15(21)10-4-6-19(7-5-10)9-14(20)18-13-3-2-11(17)8-12(13)16/h2-3,8,10H,4-7,9H2,1H3,(H,18,20)/p+1. The van der Waals surface area contributed by atoms with Crippen molar-refractivity contribution in [2.45, 2.75) is 12.8 Å². The number of carbonyl (C=O) groups excluding carboxylic acids is 2. The highest BCUT2D eigenvalue weighted by Gasteiger charge is 2.29. The molecule has 1 aromatic carbocycles. The number of benzene rings is 1. The van der Waals surface area contributed by atoms with E-state index in [1.54, 1.807) is 0 Å². The summed E-state index contributed by atoms with van der Waals surface area (Å²) in [4.78, 5) is 24.6. The number of rotatable bonds is 4. The van der Waals surface area contributed by atoms with E-state index in [9.17, 15) is 14.0 Å². The molecule has 0 unspecified atom stereocenters. The molecule has 0 bridgehead atoms. The molecule has 1 aliphatic heterocycles. The minimum Gasteiger partial charge on any atom is -0.469 e. The van der Waals surface area contributed by atoms with Crippen molar-refractivity contribution in [1.29, 1.82) is 0 Å². The number of esters is 1. The number of nitrogens with one attached hydrogen (secondary N) is 2. The molecule has 22 heavy (non-hydrogen) atoms. The van der Waals surface area contributed by atoms with Crippen LogP contribution in [0.25, 0.3) is 0 Å².